The summed E-state index contributed by atoms with van der Waals surface area (Å²) in [6.07, 6.45) is 0.767. The summed E-state index contributed by atoms with van der Waals surface area (Å²) in [6.45, 7) is 5.23. The van der Waals surface area contributed by atoms with Crippen LogP contribution in [0, 0.1) is 18.6 Å². The van der Waals surface area contributed by atoms with Crippen molar-refractivity contribution in [3.8, 4) is 5.75 Å². The number of rotatable bonds is 4. The number of aryl methyl sites for hydroxylation is 1. The number of hydrogen-bond donors (Lipinski definition) is 0. The highest BCUT2D eigenvalue weighted by molar-refractivity contribution is 7.09. The number of nitrogens with zero attached hydrogens (tertiary/aromatic N) is 3. The summed E-state index contributed by atoms with van der Waals surface area (Å²) in [6, 6.07) is 2.24. The Balaban J connectivity index is 1.72. The SMILES string of the molecule is COc1ccc(F)c(F)c1C(=O)N1CCCN(Cc2scnc2C)CC1. The van der Waals surface area contributed by atoms with Crippen LogP contribution in [-0.4, -0.2) is 54.0 Å². The monoisotopic (exact) mass is 381 g/mol. The van der Waals surface area contributed by atoms with Gasteiger partial charge in [-0.25, -0.2) is 13.8 Å². The van der Waals surface area contributed by atoms with Crippen LogP contribution in [0.1, 0.15) is 27.3 Å². The van der Waals surface area contributed by atoms with E-state index in [-0.39, 0.29) is 11.3 Å². The molecule has 26 heavy (non-hydrogen) atoms. The lowest BCUT2D eigenvalue weighted by atomic mass is 10.1. The third-order valence-corrected chi connectivity index (χ3v) is 5.50. The molecule has 0 atom stereocenters. The molecule has 0 spiro atoms. The first kappa shape index (κ1) is 18.7. The topological polar surface area (TPSA) is 45.7 Å². The molecule has 3 rings (SSSR count). The summed E-state index contributed by atoms with van der Waals surface area (Å²) in [4.78, 5) is 22.1. The molecule has 2 aromatic rings. The summed E-state index contributed by atoms with van der Waals surface area (Å²) in [7, 11) is 1.34. The zero-order chi connectivity index (χ0) is 18.7. The van der Waals surface area contributed by atoms with E-state index in [2.05, 4.69) is 9.88 Å². The third kappa shape index (κ3) is 3.86. The number of methoxy groups -OCH3 is 1. The molecule has 2 heterocycles. The van der Waals surface area contributed by atoms with Gasteiger partial charge in [0.1, 0.15) is 11.3 Å². The Labute approximate surface area is 155 Å². The Morgan fingerprint density at radius 3 is 2.77 bits per heavy atom. The van der Waals surface area contributed by atoms with Crippen molar-refractivity contribution in [1.29, 1.82) is 0 Å². The quantitative estimate of drug-likeness (QED) is 0.817. The van der Waals surface area contributed by atoms with Gasteiger partial charge in [-0.1, -0.05) is 0 Å². The summed E-state index contributed by atoms with van der Waals surface area (Å²) >= 11 is 1.62. The number of benzene rings is 1. The van der Waals surface area contributed by atoms with Crippen LogP contribution in [-0.2, 0) is 6.54 Å². The fourth-order valence-corrected chi connectivity index (χ4v) is 3.89. The van der Waals surface area contributed by atoms with E-state index in [0.717, 1.165) is 31.3 Å². The second kappa shape index (κ2) is 8.09. The Bertz CT molecular complexity index is 797. The van der Waals surface area contributed by atoms with Crippen molar-refractivity contribution in [2.75, 3.05) is 33.3 Å². The van der Waals surface area contributed by atoms with Crippen LogP contribution in [0.4, 0.5) is 8.78 Å². The van der Waals surface area contributed by atoms with Crippen LogP contribution in [0.5, 0.6) is 5.75 Å². The molecule has 1 aromatic carbocycles. The summed E-state index contributed by atoms with van der Waals surface area (Å²) in [5.74, 6) is -2.69. The Kier molecular flexibility index (Phi) is 5.83. The highest BCUT2D eigenvalue weighted by Gasteiger charge is 2.27. The minimum absolute atomic E-state index is 0.0512. The minimum atomic E-state index is -1.16. The lowest BCUT2D eigenvalue weighted by Gasteiger charge is -2.23. The van der Waals surface area contributed by atoms with Gasteiger partial charge < -0.3 is 9.64 Å². The number of ether oxygens (including phenoxy) is 1. The summed E-state index contributed by atoms with van der Waals surface area (Å²) in [5.41, 5.74) is 2.52. The van der Waals surface area contributed by atoms with Crippen LogP contribution in [0.3, 0.4) is 0 Å². The second-order valence-corrected chi connectivity index (χ2v) is 7.16. The number of carbonyl (C=O) groups is 1. The molecule has 1 saturated heterocycles. The molecule has 140 valence electrons. The number of aromatic nitrogens is 1. The molecule has 5 nitrogen and oxygen atoms in total. The highest BCUT2D eigenvalue weighted by Crippen LogP contribution is 2.26. The van der Waals surface area contributed by atoms with Gasteiger partial charge in [0.15, 0.2) is 11.6 Å². The number of hydrogen-bond acceptors (Lipinski definition) is 5. The van der Waals surface area contributed by atoms with E-state index in [1.807, 2.05) is 12.4 Å². The third-order valence-electron chi connectivity index (χ3n) is 4.58. The summed E-state index contributed by atoms with van der Waals surface area (Å²) in [5, 5.41) is 0. The predicted molar refractivity (Wildman–Crippen MR) is 95.6 cm³/mol. The van der Waals surface area contributed by atoms with Crippen molar-refractivity contribution in [2.45, 2.75) is 19.9 Å². The largest absolute Gasteiger partial charge is 0.496 e. The van der Waals surface area contributed by atoms with Gasteiger partial charge in [0.2, 0.25) is 0 Å². The van der Waals surface area contributed by atoms with Crippen molar-refractivity contribution in [1.82, 2.24) is 14.8 Å². The van der Waals surface area contributed by atoms with E-state index in [4.69, 9.17) is 4.74 Å². The molecule has 1 fully saturated rings. The Hall–Kier alpha value is -2.06. The van der Waals surface area contributed by atoms with Gasteiger partial charge in [0.05, 0.1) is 18.3 Å². The Morgan fingerprint density at radius 1 is 1.27 bits per heavy atom. The molecule has 0 bridgehead atoms. The van der Waals surface area contributed by atoms with Gasteiger partial charge in [-0.3, -0.25) is 9.69 Å². The van der Waals surface area contributed by atoms with Gasteiger partial charge in [0, 0.05) is 37.6 Å². The van der Waals surface area contributed by atoms with E-state index in [1.54, 1.807) is 16.2 Å². The first-order chi connectivity index (χ1) is 12.5. The maximum Gasteiger partial charge on any atom is 0.260 e. The fourth-order valence-electron chi connectivity index (χ4n) is 3.07. The Morgan fingerprint density at radius 2 is 2.08 bits per heavy atom. The predicted octanol–water partition coefficient (Wildman–Crippen LogP) is 3.09. The number of halogens is 2. The lowest BCUT2D eigenvalue weighted by molar-refractivity contribution is 0.0751. The van der Waals surface area contributed by atoms with Crippen molar-refractivity contribution in [3.05, 3.63) is 45.4 Å². The normalized spacial score (nSPS) is 15.8. The van der Waals surface area contributed by atoms with Gasteiger partial charge in [0.25, 0.3) is 5.91 Å². The molecular formula is C18H21F2N3O2S. The zero-order valence-corrected chi connectivity index (χ0v) is 15.6. The molecule has 0 N–H and O–H groups in total. The van der Waals surface area contributed by atoms with Gasteiger partial charge in [-0.15, -0.1) is 11.3 Å². The molecule has 0 saturated carbocycles. The van der Waals surface area contributed by atoms with E-state index >= 15 is 0 Å². The van der Waals surface area contributed by atoms with E-state index < -0.39 is 17.5 Å². The smallest absolute Gasteiger partial charge is 0.260 e. The zero-order valence-electron chi connectivity index (χ0n) is 14.8. The van der Waals surface area contributed by atoms with Gasteiger partial charge in [-0.2, -0.15) is 0 Å². The number of thiazole rings is 1. The average Bonchev–Trinajstić information content (AvgIpc) is 2.89. The molecule has 1 aliphatic rings. The van der Waals surface area contributed by atoms with Crippen molar-refractivity contribution >= 4 is 17.2 Å². The fraction of sp³-hybridized carbons (Fsp3) is 0.444. The molecule has 0 radical (unpaired) electrons. The second-order valence-electron chi connectivity index (χ2n) is 6.22. The van der Waals surface area contributed by atoms with E-state index in [0.29, 0.717) is 19.6 Å². The maximum absolute atomic E-state index is 14.2. The maximum atomic E-state index is 14.2. The van der Waals surface area contributed by atoms with E-state index in [1.165, 1.54) is 18.1 Å². The van der Waals surface area contributed by atoms with Crippen LogP contribution in [0.25, 0.3) is 0 Å². The molecule has 1 aliphatic heterocycles. The standard InChI is InChI=1S/C18H21F2N3O2S/c1-12-15(26-11-21-12)10-22-6-3-7-23(9-8-22)18(24)16-14(25-2)5-4-13(19)17(16)20/h4-5,11H,3,6-10H2,1-2H3. The molecule has 0 unspecified atom stereocenters. The van der Waals surface area contributed by atoms with Crippen molar-refractivity contribution < 1.29 is 18.3 Å². The first-order valence-corrected chi connectivity index (χ1v) is 9.31. The van der Waals surface area contributed by atoms with Crippen molar-refractivity contribution in [2.24, 2.45) is 0 Å². The molecular weight excluding hydrogens is 360 g/mol. The van der Waals surface area contributed by atoms with Crippen LogP contribution < -0.4 is 4.74 Å². The van der Waals surface area contributed by atoms with Crippen LogP contribution in [0.2, 0.25) is 0 Å². The molecule has 0 aliphatic carbocycles. The minimum Gasteiger partial charge on any atom is -0.496 e. The average molecular weight is 381 g/mol. The highest BCUT2D eigenvalue weighted by atomic mass is 32.1. The number of carbonyl (C=O) groups excluding carboxylic acids is 1. The van der Waals surface area contributed by atoms with E-state index in [9.17, 15) is 13.6 Å². The molecule has 1 amide bonds. The lowest BCUT2D eigenvalue weighted by Crippen LogP contribution is -2.35. The molecule has 8 heteroatoms. The molecule has 1 aromatic heterocycles. The summed E-state index contributed by atoms with van der Waals surface area (Å²) < 4.78 is 32.9. The van der Waals surface area contributed by atoms with Gasteiger partial charge >= 0.3 is 0 Å². The number of amides is 1. The van der Waals surface area contributed by atoms with Crippen LogP contribution >= 0.6 is 11.3 Å². The van der Waals surface area contributed by atoms with Crippen molar-refractivity contribution in [3.63, 3.8) is 0 Å². The van der Waals surface area contributed by atoms with Crippen LogP contribution in [0.15, 0.2) is 17.6 Å². The first-order valence-electron chi connectivity index (χ1n) is 8.44. The van der Waals surface area contributed by atoms with Gasteiger partial charge in [-0.05, 0) is 25.5 Å².